The van der Waals surface area contributed by atoms with Crippen molar-refractivity contribution in [3.63, 3.8) is 0 Å². The topological polar surface area (TPSA) is 49.8 Å². The third-order valence-corrected chi connectivity index (χ3v) is 5.46. The summed E-state index contributed by atoms with van der Waals surface area (Å²) in [6.07, 6.45) is 1.65. The molecule has 1 heterocycles. The van der Waals surface area contributed by atoms with E-state index in [2.05, 4.69) is 58.6 Å². The average Bonchev–Trinajstić information content (AvgIpc) is 2.55. The number of aromatic hydroxyl groups is 1. The van der Waals surface area contributed by atoms with Crippen LogP contribution in [0.2, 0.25) is 0 Å². The van der Waals surface area contributed by atoms with Gasteiger partial charge in [0.25, 0.3) is 0 Å². The molecule has 1 saturated heterocycles. The Morgan fingerprint density at radius 1 is 1.11 bits per heavy atom. The number of rotatable bonds is 4. The highest BCUT2D eigenvalue weighted by molar-refractivity contribution is 5.72. The summed E-state index contributed by atoms with van der Waals surface area (Å²) in [6, 6.07) is 4.31. The van der Waals surface area contributed by atoms with Gasteiger partial charge in [0.15, 0.2) is 0 Å². The lowest BCUT2D eigenvalue weighted by Crippen LogP contribution is -2.36. The van der Waals surface area contributed by atoms with Crippen molar-refractivity contribution < 1.29 is 14.6 Å². The minimum absolute atomic E-state index is 0.0147. The van der Waals surface area contributed by atoms with E-state index < -0.39 is 0 Å². The monoisotopic (exact) mass is 375 g/mol. The molecule has 1 aromatic rings. The Morgan fingerprint density at radius 3 is 2.19 bits per heavy atom. The first-order valence-electron chi connectivity index (χ1n) is 10.2. The van der Waals surface area contributed by atoms with Gasteiger partial charge in [-0.25, -0.2) is 0 Å². The van der Waals surface area contributed by atoms with Crippen LogP contribution >= 0.6 is 0 Å². The molecule has 1 fully saturated rings. The molecule has 0 aromatic heterocycles. The van der Waals surface area contributed by atoms with Crippen LogP contribution < -0.4 is 0 Å². The minimum Gasteiger partial charge on any atom is -0.507 e. The number of nitrogens with zero attached hydrogens (tertiary/aromatic N) is 1. The summed E-state index contributed by atoms with van der Waals surface area (Å²) in [5, 5.41) is 11.0. The van der Waals surface area contributed by atoms with Gasteiger partial charge in [0.2, 0.25) is 0 Å². The third-order valence-electron chi connectivity index (χ3n) is 5.46. The van der Waals surface area contributed by atoms with Crippen molar-refractivity contribution in [2.75, 3.05) is 19.7 Å². The highest BCUT2D eigenvalue weighted by atomic mass is 16.5. The molecule has 4 heteroatoms. The number of esters is 1. The van der Waals surface area contributed by atoms with E-state index in [0.717, 1.165) is 37.1 Å². The molecule has 0 aliphatic carbocycles. The lowest BCUT2D eigenvalue weighted by atomic mass is 9.79. The van der Waals surface area contributed by atoms with E-state index in [9.17, 15) is 9.90 Å². The van der Waals surface area contributed by atoms with Crippen LogP contribution in [0.4, 0.5) is 0 Å². The number of hydrogen-bond donors (Lipinski definition) is 1. The van der Waals surface area contributed by atoms with E-state index >= 15 is 0 Å². The first-order valence-corrected chi connectivity index (χ1v) is 10.2. The van der Waals surface area contributed by atoms with E-state index in [-0.39, 0.29) is 22.7 Å². The summed E-state index contributed by atoms with van der Waals surface area (Å²) in [4.78, 5) is 14.3. The van der Waals surface area contributed by atoms with Crippen molar-refractivity contribution in [3.8, 4) is 5.75 Å². The summed E-state index contributed by atoms with van der Waals surface area (Å²) in [6.45, 7) is 17.8. The van der Waals surface area contributed by atoms with Crippen LogP contribution in [0.3, 0.4) is 0 Å². The highest BCUT2D eigenvalue weighted by Gasteiger charge is 2.28. The van der Waals surface area contributed by atoms with Crippen molar-refractivity contribution in [1.29, 1.82) is 0 Å². The normalized spacial score (nSPS) is 17.1. The van der Waals surface area contributed by atoms with Crippen LogP contribution in [-0.2, 0) is 26.9 Å². The molecule has 0 amide bonds. The zero-order chi connectivity index (χ0) is 20.4. The molecule has 0 atom stereocenters. The van der Waals surface area contributed by atoms with E-state index in [4.69, 9.17) is 4.74 Å². The van der Waals surface area contributed by atoms with Crippen LogP contribution in [0, 0.1) is 5.92 Å². The second-order valence-corrected chi connectivity index (χ2v) is 9.83. The number of benzene rings is 1. The van der Waals surface area contributed by atoms with Gasteiger partial charge in [0.05, 0.1) is 12.5 Å². The summed E-state index contributed by atoms with van der Waals surface area (Å²) >= 11 is 0. The highest BCUT2D eigenvalue weighted by Crippen LogP contribution is 2.38. The summed E-state index contributed by atoms with van der Waals surface area (Å²) in [5.41, 5.74) is 3.16. The van der Waals surface area contributed by atoms with Gasteiger partial charge < -0.3 is 9.84 Å². The van der Waals surface area contributed by atoms with Gasteiger partial charge in [0.1, 0.15) is 5.75 Å². The van der Waals surface area contributed by atoms with Crippen molar-refractivity contribution in [2.24, 2.45) is 5.92 Å². The number of ether oxygens (including phenoxy) is 1. The number of carbonyl (C=O) groups is 1. The van der Waals surface area contributed by atoms with Gasteiger partial charge in [-0.05, 0) is 54.8 Å². The molecule has 27 heavy (non-hydrogen) atoms. The number of piperidine rings is 1. The SMILES string of the molecule is CCOC(=O)C1CCN(Cc2cc(C(C)(C)C)cc(C(C)(C)C)c2O)CC1. The number of hydrogen-bond acceptors (Lipinski definition) is 4. The molecule has 0 spiro atoms. The predicted molar refractivity (Wildman–Crippen MR) is 110 cm³/mol. The Labute approximate surface area is 164 Å². The molecular formula is C23H37NO3. The summed E-state index contributed by atoms with van der Waals surface area (Å²) in [7, 11) is 0. The Kier molecular flexibility index (Phi) is 6.62. The molecule has 0 unspecified atom stereocenters. The summed E-state index contributed by atoms with van der Waals surface area (Å²) in [5.74, 6) is 0.369. The smallest absolute Gasteiger partial charge is 0.309 e. The first-order chi connectivity index (χ1) is 12.4. The van der Waals surface area contributed by atoms with Crippen LogP contribution in [0.5, 0.6) is 5.75 Å². The number of carbonyl (C=O) groups excluding carboxylic acids is 1. The van der Waals surface area contributed by atoms with Gasteiger partial charge in [-0.3, -0.25) is 9.69 Å². The largest absolute Gasteiger partial charge is 0.507 e. The van der Waals surface area contributed by atoms with Crippen molar-refractivity contribution in [3.05, 3.63) is 28.8 Å². The Hall–Kier alpha value is -1.55. The zero-order valence-corrected chi connectivity index (χ0v) is 18.2. The molecule has 0 saturated carbocycles. The number of likely N-dealkylation sites (tertiary alicyclic amines) is 1. The maximum atomic E-state index is 11.9. The molecule has 1 aliphatic rings. The minimum atomic E-state index is -0.114. The lowest BCUT2D eigenvalue weighted by molar-refractivity contribution is -0.149. The Morgan fingerprint density at radius 2 is 1.70 bits per heavy atom. The van der Waals surface area contributed by atoms with Crippen LogP contribution in [-0.4, -0.2) is 35.7 Å². The van der Waals surface area contributed by atoms with Crippen molar-refractivity contribution in [2.45, 2.75) is 78.7 Å². The van der Waals surface area contributed by atoms with Gasteiger partial charge >= 0.3 is 5.97 Å². The van der Waals surface area contributed by atoms with Crippen molar-refractivity contribution >= 4 is 5.97 Å². The standard InChI is InChI=1S/C23H37NO3/c1-8-27-21(26)16-9-11-24(12-10-16)15-17-13-18(22(2,3)4)14-19(20(17)25)23(5,6)7/h13-14,16,25H,8-12,15H2,1-7H3. The first kappa shape index (κ1) is 21.7. The molecule has 152 valence electrons. The van der Waals surface area contributed by atoms with E-state index in [0.29, 0.717) is 18.9 Å². The molecular weight excluding hydrogens is 338 g/mol. The average molecular weight is 376 g/mol. The Bertz CT molecular complexity index is 659. The molecule has 4 nitrogen and oxygen atoms in total. The second kappa shape index (κ2) is 8.22. The fraction of sp³-hybridized carbons (Fsp3) is 0.696. The third kappa shape index (κ3) is 5.47. The van der Waals surface area contributed by atoms with Gasteiger partial charge in [-0.1, -0.05) is 53.7 Å². The summed E-state index contributed by atoms with van der Waals surface area (Å²) < 4.78 is 5.16. The molecule has 1 N–H and O–H groups in total. The fourth-order valence-corrected chi connectivity index (χ4v) is 3.65. The van der Waals surface area contributed by atoms with Gasteiger partial charge in [-0.15, -0.1) is 0 Å². The van der Waals surface area contributed by atoms with Crippen LogP contribution in [0.15, 0.2) is 12.1 Å². The maximum absolute atomic E-state index is 11.9. The fourth-order valence-electron chi connectivity index (χ4n) is 3.65. The maximum Gasteiger partial charge on any atom is 0.309 e. The van der Waals surface area contributed by atoms with Crippen LogP contribution in [0.1, 0.15) is 78.0 Å². The van der Waals surface area contributed by atoms with Gasteiger partial charge in [0, 0.05) is 12.1 Å². The zero-order valence-electron chi connectivity index (χ0n) is 18.2. The molecule has 1 aromatic carbocycles. The van der Waals surface area contributed by atoms with Crippen LogP contribution in [0.25, 0.3) is 0 Å². The van der Waals surface area contributed by atoms with Gasteiger partial charge in [-0.2, -0.15) is 0 Å². The van der Waals surface area contributed by atoms with E-state index in [1.54, 1.807) is 0 Å². The number of phenolic OH excluding ortho intramolecular Hbond substituents is 1. The second-order valence-electron chi connectivity index (χ2n) is 9.83. The Balaban J connectivity index is 2.20. The number of phenols is 1. The quantitative estimate of drug-likeness (QED) is 0.771. The molecule has 2 rings (SSSR count). The molecule has 0 radical (unpaired) electrons. The van der Waals surface area contributed by atoms with E-state index in [1.165, 1.54) is 5.56 Å². The predicted octanol–water partition coefficient (Wildman–Crippen LogP) is 4.76. The lowest BCUT2D eigenvalue weighted by Gasteiger charge is -2.32. The van der Waals surface area contributed by atoms with E-state index in [1.807, 2.05) is 6.92 Å². The van der Waals surface area contributed by atoms with Crippen molar-refractivity contribution in [1.82, 2.24) is 4.90 Å². The molecule has 1 aliphatic heterocycles. The molecule has 0 bridgehead atoms.